The van der Waals surface area contributed by atoms with E-state index in [1.807, 2.05) is 11.9 Å². The number of benzene rings is 2. The van der Waals surface area contributed by atoms with E-state index in [2.05, 4.69) is 11.1 Å². The molecule has 5 rings (SSSR count). The van der Waals surface area contributed by atoms with Crippen molar-refractivity contribution < 1.29 is 18.3 Å². The summed E-state index contributed by atoms with van der Waals surface area (Å²) in [5, 5.41) is 10.4. The first-order chi connectivity index (χ1) is 16.9. The van der Waals surface area contributed by atoms with E-state index in [0.717, 1.165) is 11.3 Å². The molecule has 9 heteroatoms. The number of fused-ring (bicyclic) bond motifs is 1. The Morgan fingerprint density at radius 3 is 2.69 bits per heavy atom. The van der Waals surface area contributed by atoms with E-state index in [9.17, 15) is 14.4 Å². The number of hydrogen-bond acceptors (Lipinski definition) is 6. The molecule has 2 aliphatic heterocycles. The van der Waals surface area contributed by atoms with Gasteiger partial charge in [0.05, 0.1) is 34.9 Å². The average Bonchev–Trinajstić information content (AvgIpc) is 3.40. The van der Waals surface area contributed by atoms with Gasteiger partial charge in [-0.15, -0.1) is 0 Å². The molecule has 180 valence electrons. The number of aromatic nitrogens is 1. The Labute approximate surface area is 207 Å². The number of anilines is 1. The molecule has 3 heterocycles. The number of carbonyl (C=O) groups excluding carboxylic acids is 1. The Morgan fingerprint density at radius 2 is 2.03 bits per heavy atom. The monoisotopic (exact) mass is 494 g/mol. The molecule has 1 fully saturated rings. The van der Waals surface area contributed by atoms with Gasteiger partial charge in [0, 0.05) is 25.7 Å². The summed E-state index contributed by atoms with van der Waals surface area (Å²) in [6.07, 6.45) is 3.87. The van der Waals surface area contributed by atoms with Gasteiger partial charge in [-0.3, -0.25) is 4.79 Å². The number of carbonyl (C=O) groups is 1. The Balaban J connectivity index is 1.28. The van der Waals surface area contributed by atoms with E-state index in [1.165, 1.54) is 18.5 Å². The maximum absolute atomic E-state index is 13.4. The lowest BCUT2D eigenvalue weighted by molar-refractivity contribution is -0.140. The Bertz CT molecular complexity index is 1260. The van der Waals surface area contributed by atoms with Crippen molar-refractivity contribution in [1.29, 1.82) is 5.26 Å². The van der Waals surface area contributed by atoms with Crippen molar-refractivity contribution in [3.8, 4) is 23.1 Å². The van der Waals surface area contributed by atoms with Crippen LogP contribution in [0.4, 0.5) is 10.1 Å². The number of halogens is 2. The summed E-state index contributed by atoms with van der Waals surface area (Å²) < 4.78 is 24.8. The average molecular weight is 495 g/mol. The summed E-state index contributed by atoms with van der Waals surface area (Å²) in [6, 6.07) is 12.3. The first-order valence-corrected chi connectivity index (χ1v) is 11.8. The molecule has 1 saturated heterocycles. The van der Waals surface area contributed by atoms with E-state index >= 15 is 0 Å². The fourth-order valence-corrected chi connectivity index (χ4v) is 5.07. The number of rotatable bonds is 4. The highest BCUT2D eigenvalue weighted by atomic mass is 35.5. The maximum Gasteiger partial charge on any atom is 0.265 e. The summed E-state index contributed by atoms with van der Waals surface area (Å²) in [4.78, 5) is 21.1. The van der Waals surface area contributed by atoms with Crippen LogP contribution in [0.2, 0.25) is 5.02 Å². The van der Waals surface area contributed by atoms with E-state index < -0.39 is 11.5 Å². The lowest BCUT2D eigenvalue weighted by Gasteiger charge is -2.40. The van der Waals surface area contributed by atoms with Gasteiger partial charge in [-0.25, -0.2) is 9.37 Å². The molecule has 1 amide bonds. The van der Waals surface area contributed by atoms with Gasteiger partial charge in [0.25, 0.3) is 5.91 Å². The zero-order valence-corrected chi connectivity index (χ0v) is 20.0. The fraction of sp³-hybridized carbons (Fsp3) is 0.346. The lowest BCUT2D eigenvalue weighted by atomic mass is 9.75. The van der Waals surface area contributed by atoms with E-state index in [-0.39, 0.29) is 11.7 Å². The van der Waals surface area contributed by atoms with Gasteiger partial charge in [-0.1, -0.05) is 23.7 Å². The summed E-state index contributed by atoms with van der Waals surface area (Å²) in [5.74, 6) is 0.663. The largest absolute Gasteiger partial charge is 0.477 e. The number of piperidine rings is 1. The van der Waals surface area contributed by atoms with Crippen LogP contribution >= 0.6 is 11.6 Å². The van der Waals surface area contributed by atoms with Gasteiger partial charge >= 0.3 is 0 Å². The standard InChI is InChI=1S/C26H24ClFN4O3/c1-31-14-24(35-22-10-19(20(27)11-21(22)31)23-13-30-16-34-23)25(33)32-8-6-26(15-29,7-9-32)12-17-2-4-18(28)5-3-17/h2-5,10-11,13,16,24H,6-9,12,14H2,1H3. The smallest absolute Gasteiger partial charge is 0.265 e. The van der Waals surface area contributed by atoms with Crippen molar-refractivity contribution in [2.75, 3.05) is 31.6 Å². The van der Waals surface area contributed by atoms with Crippen LogP contribution in [0.25, 0.3) is 11.3 Å². The Morgan fingerprint density at radius 1 is 1.29 bits per heavy atom. The number of nitriles is 1. The predicted octanol–water partition coefficient (Wildman–Crippen LogP) is 4.71. The number of oxazole rings is 1. The molecule has 2 aliphatic rings. The number of nitrogens with zero attached hydrogens (tertiary/aromatic N) is 4. The predicted molar refractivity (Wildman–Crippen MR) is 129 cm³/mol. The molecule has 1 atom stereocenters. The van der Waals surface area contributed by atoms with Crippen molar-refractivity contribution in [2.45, 2.75) is 25.4 Å². The van der Waals surface area contributed by atoms with Gasteiger partial charge in [-0.2, -0.15) is 5.26 Å². The molecular formula is C26H24ClFN4O3. The van der Waals surface area contributed by atoms with Crippen molar-refractivity contribution in [3.63, 3.8) is 0 Å². The third-order valence-electron chi connectivity index (χ3n) is 6.87. The first kappa shape index (κ1) is 23.2. The number of likely N-dealkylation sites (tertiary alicyclic amines) is 1. The molecule has 0 bridgehead atoms. The topological polar surface area (TPSA) is 82.6 Å². The Kier molecular flexibility index (Phi) is 6.12. The quantitative estimate of drug-likeness (QED) is 0.522. The second-order valence-corrected chi connectivity index (χ2v) is 9.58. The van der Waals surface area contributed by atoms with Crippen LogP contribution in [-0.2, 0) is 11.2 Å². The number of hydrogen-bond donors (Lipinski definition) is 0. The van der Waals surface area contributed by atoms with Crippen LogP contribution in [0.1, 0.15) is 18.4 Å². The third-order valence-corrected chi connectivity index (χ3v) is 7.18. The minimum Gasteiger partial charge on any atom is -0.477 e. The SMILES string of the molecule is CN1CC(C(=O)N2CCC(C#N)(Cc3ccc(F)cc3)CC2)Oc2cc(-c3cnco3)c(Cl)cc21. The van der Waals surface area contributed by atoms with E-state index in [1.54, 1.807) is 35.4 Å². The number of likely N-dealkylation sites (N-methyl/N-ethyl adjacent to an activating group) is 1. The van der Waals surface area contributed by atoms with E-state index in [4.69, 9.17) is 20.8 Å². The molecule has 2 aromatic carbocycles. The molecule has 7 nitrogen and oxygen atoms in total. The second-order valence-electron chi connectivity index (χ2n) is 9.17. The summed E-state index contributed by atoms with van der Waals surface area (Å²) in [5.41, 5.74) is 1.78. The molecule has 0 radical (unpaired) electrons. The molecule has 3 aromatic rings. The van der Waals surface area contributed by atoms with Crippen molar-refractivity contribution in [1.82, 2.24) is 9.88 Å². The van der Waals surface area contributed by atoms with Gasteiger partial charge in [0.1, 0.15) is 11.6 Å². The molecule has 1 aromatic heterocycles. The molecule has 35 heavy (non-hydrogen) atoms. The lowest BCUT2D eigenvalue weighted by Crippen LogP contribution is -2.52. The Hall–Kier alpha value is -3.57. The first-order valence-electron chi connectivity index (χ1n) is 11.4. The highest BCUT2D eigenvalue weighted by Crippen LogP contribution is 2.41. The van der Waals surface area contributed by atoms with Crippen molar-refractivity contribution in [3.05, 3.63) is 65.4 Å². The van der Waals surface area contributed by atoms with E-state index in [0.29, 0.717) is 61.0 Å². The molecule has 0 aliphatic carbocycles. The minimum absolute atomic E-state index is 0.105. The normalized spacial score (nSPS) is 19.0. The zero-order valence-electron chi connectivity index (χ0n) is 19.2. The van der Waals surface area contributed by atoms with Crippen LogP contribution in [0.5, 0.6) is 5.75 Å². The van der Waals surface area contributed by atoms with Crippen molar-refractivity contribution in [2.24, 2.45) is 5.41 Å². The highest BCUT2D eigenvalue weighted by Gasteiger charge is 2.39. The molecular weight excluding hydrogens is 471 g/mol. The molecule has 0 saturated carbocycles. The summed E-state index contributed by atoms with van der Waals surface area (Å²) in [6.45, 7) is 1.32. The van der Waals surface area contributed by atoms with Crippen molar-refractivity contribution >= 4 is 23.2 Å². The maximum atomic E-state index is 13.4. The number of ether oxygens (including phenoxy) is 1. The van der Waals surface area contributed by atoms with Crippen LogP contribution in [0.3, 0.4) is 0 Å². The number of amides is 1. The zero-order chi connectivity index (χ0) is 24.6. The van der Waals surface area contributed by atoms with Crippen LogP contribution in [0, 0.1) is 22.6 Å². The highest BCUT2D eigenvalue weighted by molar-refractivity contribution is 6.33. The fourth-order valence-electron chi connectivity index (χ4n) is 4.82. The van der Waals surface area contributed by atoms with Gasteiger partial charge < -0.3 is 19.0 Å². The summed E-state index contributed by atoms with van der Waals surface area (Å²) >= 11 is 6.45. The van der Waals surface area contributed by atoms with Crippen LogP contribution in [0.15, 0.2) is 53.4 Å². The third kappa shape index (κ3) is 4.56. The molecule has 0 spiro atoms. The molecule has 0 N–H and O–H groups in total. The molecule has 1 unspecified atom stereocenters. The van der Waals surface area contributed by atoms with Crippen LogP contribution in [-0.4, -0.2) is 48.6 Å². The van der Waals surface area contributed by atoms with Crippen LogP contribution < -0.4 is 9.64 Å². The van der Waals surface area contributed by atoms with Gasteiger partial charge in [0.2, 0.25) is 0 Å². The second kappa shape index (κ2) is 9.23. The van der Waals surface area contributed by atoms with Gasteiger partial charge in [-0.05, 0) is 49.1 Å². The minimum atomic E-state index is -0.678. The summed E-state index contributed by atoms with van der Waals surface area (Å²) in [7, 11) is 1.89. The van der Waals surface area contributed by atoms with Gasteiger partial charge in [0.15, 0.2) is 18.3 Å².